The standard InChI is InChI=1S/C13H15BrClF2NO/c1-3-13(2,4-5-14)18-12(19)8-6-11(17)9(15)7-10(8)16/h6-7H,3-5H2,1-2H3,(H,18,19). The molecule has 0 saturated carbocycles. The first-order valence-corrected chi connectivity index (χ1v) is 7.36. The Balaban J connectivity index is 2.98. The van der Waals surface area contributed by atoms with E-state index in [1.165, 1.54) is 0 Å². The average Bonchev–Trinajstić information content (AvgIpc) is 2.33. The molecular formula is C13H15BrClF2NO. The van der Waals surface area contributed by atoms with Crippen LogP contribution in [-0.4, -0.2) is 16.8 Å². The lowest BCUT2D eigenvalue weighted by atomic mass is 9.95. The molecule has 0 bridgehead atoms. The van der Waals surface area contributed by atoms with E-state index in [1.54, 1.807) is 0 Å². The fourth-order valence-electron chi connectivity index (χ4n) is 1.57. The van der Waals surface area contributed by atoms with Crippen LogP contribution in [0.2, 0.25) is 5.02 Å². The highest BCUT2D eigenvalue weighted by atomic mass is 79.9. The van der Waals surface area contributed by atoms with E-state index in [4.69, 9.17) is 11.6 Å². The lowest BCUT2D eigenvalue weighted by Crippen LogP contribution is -2.46. The van der Waals surface area contributed by atoms with Crippen LogP contribution in [0.5, 0.6) is 0 Å². The molecular weight excluding hydrogens is 340 g/mol. The molecule has 0 spiro atoms. The minimum atomic E-state index is -0.832. The van der Waals surface area contributed by atoms with Crippen molar-refractivity contribution in [1.82, 2.24) is 5.32 Å². The summed E-state index contributed by atoms with van der Waals surface area (Å²) in [6.07, 6.45) is 1.37. The highest BCUT2D eigenvalue weighted by molar-refractivity contribution is 9.09. The Morgan fingerprint density at radius 1 is 1.42 bits per heavy atom. The molecule has 1 atom stereocenters. The van der Waals surface area contributed by atoms with Gasteiger partial charge in [0.1, 0.15) is 11.6 Å². The van der Waals surface area contributed by atoms with E-state index in [-0.39, 0.29) is 10.6 Å². The van der Waals surface area contributed by atoms with Gasteiger partial charge in [0.25, 0.3) is 5.91 Å². The van der Waals surface area contributed by atoms with Gasteiger partial charge in [-0.25, -0.2) is 8.78 Å². The van der Waals surface area contributed by atoms with E-state index < -0.39 is 23.1 Å². The van der Waals surface area contributed by atoms with E-state index in [9.17, 15) is 13.6 Å². The number of carbonyl (C=O) groups excluding carboxylic acids is 1. The van der Waals surface area contributed by atoms with Gasteiger partial charge >= 0.3 is 0 Å². The second kappa shape index (κ2) is 6.66. The predicted molar refractivity (Wildman–Crippen MR) is 75.9 cm³/mol. The van der Waals surface area contributed by atoms with Crippen molar-refractivity contribution >= 4 is 33.4 Å². The van der Waals surface area contributed by atoms with Gasteiger partial charge in [-0.05, 0) is 31.9 Å². The molecule has 0 heterocycles. The second-order valence-corrected chi connectivity index (χ2v) is 5.75. The number of amides is 1. The van der Waals surface area contributed by atoms with Crippen molar-refractivity contribution in [1.29, 1.82) is 0 Å². The van der Waals surface area contributed by atoms with Gasteiger partial charge in [-0.2, -0.15) is 0 Å². The molecule has 1 N–H and O–H groups in total. The molecule has 19 heavy (non-hydrogen) atoms. The number of benzene rings is 1. The minimum absolute atomic E-state index is 0.337. The van der Waals surface area contributed by atoms with Crippen molar-refractivity contribution < 1.29 is 13.6 Å². The van der Waals surface area contributed by atoms with Crippen LogP contribution >= 0.6 is 27.5 Å². The summed E-state index contributed by atoms with van der Waals surface area (Å²) in [5.74, 6) is -2.29. The number of rotatable bonds is 5. The Labute approximate surface area is 124 Å². The molecule has 0 aliphatic heterocycles. The van der Waals surface area contributed by atoms with Gasteiger partial charge in [-0.3, -0.25) is 4.79 Å². The number of alkyl halides is 1. The van der Waals surface area contributed by atoms with Crippen LogP contribution in [0, 0.1) is 11.6 Å². The molecule has 0 aliphatic carbocycles. The van der Waals surface area contributed by atoms with Gasteiger partial charge < -0.3 is 5.32 Å². The largest absolute Gasteiger partial charge is 0.347 e. The zero-order valence-electron chi connectivity index (χ0n) is 10.7. The molecule has 6 heteroatoms. The van der Waals surface area contributed by atoms with Crippen molar-refractivity contribution in [3.63, 3.8) is 0 Å². The summed E-state index contributed by atoms with van der Waals surface area (Å²) < 4.78 is 26.9. The summed E-state index contributed by atoms with van der Waals surface area (Å²) in [6, 6.07) is 1.62. The Morgan fingerprint density at radius 2 is 2.05 bits per heavy atom. The van der Waals surface area contributed by atoms with Gasteiger partial charge in [0.15, 0.2) is 0 Å². The highest BCUT2D eigenvalue weighted by Gasteiger charge is 2.26. The zero-order valence-corrected chi connectivity index (χ0v) is 13.0. The molecule has 1 aromatic rings. The molecule has 1 aromatic carbocycles. The first-order chi connectivity index (χ1) is 8.83. The normalized spacial score (nSPS) is 14.0. The lowest BCUT2D eigenvalue weighted by Gasteiger charge is -2.29. The number of hydrogen-bond donors (Lipinski definition) is 1. The molecule has 0 aromatic heterocycles. The van der Waals surface area contributed by atoms with Crippen molar-refractivity contribution in [2.45, 2.75) is 32.2 Å². The summed E-state index contributed by atoms with van der Waals surface area (Å²) in [5, 5.41) is 3.09. The van der Waals surface area contributed by atoms with Gasteiger partial charge in [0, 0.05) is 10.9 Å². The minimum Gasteiger partial charge on any atom is -0.347 e. The Hall–Kier alpha value is -0.680. The SMILES string of the molecule is CCC(C)(CCBr)NC(=O)c1cc(F)c(Cl)cc1F. The summed E-state index contributed by atoms with van der Waals surface area (Å²) in [4.78, 5) is 12.0. The predicted octanol–water partition coefficient (Wildman–Crippen LogP) is 4.30. The van der Waals surface area contributed by atoms with Gasteiger partial charge in [0.2, 0.25) is 0 Å². The van der Waals surface area contributed by atoms with Crippen LogP contribution in [0.15, 0.2) is 12.1 Å². The number of carbonyl (C=O) groups is 1. The van der Waals surface area contributed by atoms with Crippen LogP contribution < -0.4 is 5.32 Å². The third-order valence-electron chi connectivity index (χ3n) is 3.10. The maximum absolute atomic E-state index is 13.6. The molecule has 106 valence electrons. The van der Waals surface area contributed by atoms with E-state index >= 15 is 0 Å². The fraction of sp³-hybridized carbons (Fsp3) is 0.462. The molecule has 1 amide bonds. The summed E-state index contributed by atoms with van der Waals surface area (Å²) in [5.41, 5.74) is -0.806. The first kappa shape index (κ1) is 16.4. The molecule has 0 fully saturated rings. The van der Waals surface area contributed by atoms with Crippen LogP contribution in [-0.2, 0) is 0 Å². The van der Waals surface area contributed by atoms with Crippen LogP contribution in [0.4, 0.5) is 8.78 Å². The van der Waals surface area contributed by atoms with E-state index in [1.807, 2.05) is 13.8 Å². The topological polar surface area (TPSA) is 29.1 Å². The zero-order chi connectivity index (χ0) is 14.6. The van der Waals surface area contributed by atoms with Crippen molar-refractivity contribution in [3.8, 4) is 0 Å². The van der Waals surface area contributed by atoms with Crippen LogP contribution in [0.1, 0.15) is 37.0 Å². The Kier molecular flexibility index (Phi) is 5.74. The molecule has 2 nitrogen and oxygen atoms in total. The Morgan fingerprint density at radius 3 is 2.58 bits per heavy atom. The second-order valence-electron chi connectivity index (χ2n) is 4.55. The maximum atomic E-state index is 13.6. The number of halogens is 4. The van der Waals surface area contributed by atoms with Crippen molar-refractivity contribution in [3.05, 3.63) is 34.4 Å². The summed E-state index contributed by atoms with van der Waals surface area (Å²) in [7, 11) is 0. The van der Waals surface area contributed by atoms with Gasteiger partial charge in [-0.15, -0.1) is 0 Å². The van der Waals surface area contributed by atoms with Crippen molar-refractivity contribution in [2.24, 2.45) is 0 Å². The van der Waals surface area contributed by atoms with Gasteiger partial charge in [-0.1, -0.05) is 34.5 Å². The monoisotopic (exact) mass is 353 g/mol. The van der Waals surface area contributed by atoms with E-state index in [2.05, 4.69) is 21.2 Å². The summed E-state index contributed by atoms with van der Waals surface area (Å²) in [6.45, 7) is 3.78. The first-order valence-electron chi connectivity index (χ1n) is 5.86. The fourth-order valence-corrected chi connectivity index (χ4v) is 2.60. The van der Waals surface area contributed by atoms with E-state index in [0.717, 1.165) is 12.1 Å². The Bertz CT molecular complexity index is 484. The third-order valence-corrected chi connectivity index (χ3v) is 3.78. The highest BCUT2D eigenvalue weighted by Crippen LogP contribution is 2.21. The van der Waals surface area contributed by atoms with E-state index in [0.29, 0.717) is 18.2 Å². The molecule has 1 rings (SSSR count). The summed E-state index contributed by atoms with van der Waals surface area (Å²) >= 11 is 8.75. The lowest BCUT2D eigenvalue weighted by molar-refractivity contribution is 0.0897. The van der Waals surface area contributed by atoms with Crippen LogP contribution in [0.3, 0.4) is 0 Å². The number of nitrogens with one attached hydrogen (secondary N) is 1. The average molecular weight is 355 g/mol. The smallest absolute Gasteiger partial charge is 0.254 e. The maximum Gasteiger partial charge on any atom is 0.254 e. The van der Waals surface area contributed by atoms with Crippen molar-refractivity contribution in [2.75, 3.05) is 5.33 Å². The third kappa shape index (κ3) is 4.14. The molecule has 0 radical (unpaired) electrons. The molecule has 1 unspecified atom stereocenters. The molecule has 0 saturated heterocycles. The van der Waals surface area contributed by atoms with Crippen LogP contribution in [0.25, 0.3) is 0 Å². The molecule has 0 aliphatic rings. The van der Waals surface area contributed by atoms with Gasteiger partial charge in [0.05, 0.1) is 10.6 Å². The number of hydrogen-bond acceptors (Lipinski definition) is 1. The quantitative estimate of drug-likeness (QED) is 0.620.